The molecule has 0 rings (SSSR count). The van der Waals surface area contributed by atoms with Gasteiger partial charge in [-0.3, -0.25) is 37.3 Å². The Balaban J connectivity index is 5.20. The fourth-order valence-corrected chi connectivity index (χ4v) is 12.0. The summed E-state index contributed by atoms with van der Waals surface area (Å²) in [5, 5.41) is 10.6. The number of esters is 4. The zero-order chi connectivity index (χ0) is 66.1. The van der Waals surface area contributed by atoms with Gasteiger partial charge in [0, 0.05) is 25.7 Å². The molecule has 0 aliphatic rings. The van der Waals surface area contributed by atoms with Crippen LogP contribution in [0.15, 0.2) is 0 Å². The molecular formula is C70H136O17P2. The van der Waals surface area contributed by atoms with E-state index < -0.39 is 97.5 Å². The molecule has 89 heavy (non-hydrogen) atoms. The minimum Gasteiger partial charge on any atom is -0.462 e. The Morgan fingerprint density at radius 3 is 0.798 bits per heavy atom. The van der Waals surface area contributed by atoms with E-state index in [4.69, 9.17) is 37.0 Å². The Morgan fingerprint density at radius 1 is 0.315 bits per heavy atom. The summed E-state index contributed by atoms with van der Waals surface area (Å²) in [5.41, 5.74) is 0. The molecule has 0 aromatic carbocycles. The van der Waals surface area contributed by atoms with Crippen LogP contribution in [0.3, 0.4) is 0 Å². The van der Waals surface area contributed by atoms with Crippen molar-refractivity contribution in [1.29, 1.82) is 0 Å². The van der Waals surface area contributed by atoms with Crippen molar-refractivity contribution >= 4 is 39.5 Å². The largest absolute Gasteiger partial charge is 0.472 e. The molecule has 0 aromatic rings. The molecule has 0 fully saturated rings. The molecule has 0 radical (unpaired) electrons. The predicted octanol–water partition coefficient (Wildman–Crippen LogP) is 19.7. The maximum absolute atomic E-state index is 13.0. The third-order valence-electron chi connectivity index (χ3n) is 17.2. The molecule has 19 heteroatoms. The highest BCUT2D eigenvalue weighted by Gasteiger charge is 2.30. The van der Waals surface area contributed by atoms with Gasteiger partial charge in [-0.1, -0.05) is 293 Å². The van der Waals surface area contributed by atoms with Crippen LogP contribution in [-0.2, 0) is 65.4 Å². The third kappa shape index (κ3) is 60.7. The number of carbonyl (C=O) groups excluding carboxylic acids is 4. The van der Waals surface area contributed by atoms with Crippen LogP contribution >= 0.6 is 15.6 Å². The third-order valence-corrected chi connectivity index (χ3v) is 19.1. The number of hydrogen-bond acceptors (Lipinski definition) is 15. The second-order valence-electron chi connectivity index (χ2n) is 26.5. The van der Waals surface area contributed by atoms with E-state index in [9.17, 15) is 43.2 Å². The number of phosphoric acid groups is 2. The minimum atomic E-state index is -4.95. The van der Waals surface area contributed by atoms with E-state index in [1.165, 1.54) is 141 Å². The first-order valence-electron chi connectivity index (χ1n) is 36.3. The van der Waals surface area contributed by atoms with Crippen LogP contribution in [0.1, 0.15) is 344 Å². The highest BCUT2D eigenvalue weighted by atomic mass is 31.2. The summed E-state index contributed by atoms with van der Waals surface area (Å²) in [6, 6.07) is 0. The Bertz CT molecular complexity index is 1770. The molecule has 0 aliphatic heterocycles. The highest BCUT2D eigenvalue weighted by Crippen LogP contribution is 2.45. The van der Waals surface area contributed by atoms with Crippen LogP contribution in [0.2, 0.25) is 0 Å². The van der Waals surface area contributed by atoms with Gasteiger partial charge in [0.15, 0.2) is 12.2 Å². The quantitative estimate of drug-likeness (QED) is 0.0222. The van der Waals surface area contributed by atoms with E-state index in [1.807, 2.05) is 0 Å². The van der Waals surface area contributed by atoms with E-state index in [1.54, 1.807) is 0 Å². The Morgan fingerprint density at radius 2 is 0.539 bits per heavy atom. The van der Waals surface area contributed by atoms with Crippen molar-refractivity contribution in [3.8, 4) is 0 Å². The Labute approximate surface area is 543 Å². The van der Waals surface area contributed by atoms with Gasteiger partial charge in [-0.05, 0) is 49.4 Å². The van der Waals surface area contributed by atoms with Crippen LogP contribution in [0, 0.1) is 23.7 Å². The molecule has 8 atom stereocenters. The van der Waals surface area contributed by atoms with E-state index in [0.29, 0.717) is 25.7 Å². The van der Waals surface area contributed by atoms with E-state index in [-0.39, 0.29) is 25.7 Å². The van der Waals surface area contributed by atoms with Crippen molar-refractivity contribution in [1.82, 2.24) is 0 Å². The predicted molar refractivity (Wildman–Crippen MR) is 358 cm³/mol. The summed E-state index contributed by atoms with van der Waals surface area (Å²) in [4.78, 5) is 72.5. The standard InChI is InChI=1S/C70H136O17P2/c1-9-61(6)47-39-31-23-18-16-14-12-13-15-17-19-24-34-42-50-67(72)80-56-66(87-70(75)53-45-37-29-27-33-41-49-63(8)11-3)59-85-89(78,79)83-55-64(71)54-82-88(76,77)84-58-65(57-81-68(73)51-43-35-28-26-32-40-48-62(7)10-2)86-69(74)52-44-36-25-21-20-22-30-38-46-60(4)5/h60-66,71H,9-59H2,1-8H3,(H,76,77)(H,78,79)/t61?,62?,63?,64-,65+,66+/m0/s1. The summed E-state index contributed by atoms with van der Waals surface area (Å²) in [6.45, 7) is 14.1. The first-order chi connectivity index (χ1) is 42.7. The molecule has 3 N–H and O–H groups in total. The van der Waals surface area contributed by atoms with Gasteiger partial charge in [0.1, 0.15) is 19.3 Å². The van der Waals surface area contributed by atoms with Gasteiger partial charge in [0.05, 0.1) is 26.4 Å². The van der Waals surface area contributed by atoms with E-state index in [2.05, 4.69) is 55.4 Å². The van der Waals surface area contributed by atoms with Crippen molar-refractivity contribution in [3.63, 3.8) is 0 Å². The average molecular weight is 1310 g/mol. The van der Waals surface area contributed by atoms with Gasteiger partial charge >= 0.3 is 39.5 Å². The second kappa shape index (κ2) is 59.8. The summed E-state index contributed by atoms with van der Waals surface area (Å²) >= 11 is 0. The first kappa shape index (κ1) is 87.1. The molecule has 17 nitrogen and oxygen atoms in total. The van der Waals surface area contributed by atoms with Gasteiger partial charge in [0.25, 0.3) is 0 Å². The van der Waals surface area contributed by atoms with Crippen molar-refractivity contribution in [2.45, 2.75) is 363 Å². The lowest BCUT2D eigenvalue weighted by Crippen LogP contribution is -2.30. The zero-order valence-corrected chi connectivity index (χ0v) is 59.8. The number of carbonyl (C=O) groups is 4. The summed E-state index contributed by atoms with van der Waals surface area (Å²) in [5.74, 6) is 0.884. The fraction of sp³-hybridized carbons (Fsp3) is 0.943. The maximum Gasteiger partial charge on any atom is 0.472 e. The molecule has 5 unspecified atom stereocenters. The number of rotatable bonds is 67. The number of ether oxygens (including phenoxy) is 4. The molecular weight excluding hydrogens is 1170 g/mol. The fourth-order valence-electron chi connectivity index (χ4n) is 10.4. The van der Waals surface area contributed by atoms with E-state index in [0.717, 1.165) is 120 Å². The van der Waals surface area contributed by atoms with Crippen LogP contribution in [-0.4, -0.2) is 96.7 Å². The molecule has 0 saturated heterocycles. The van der Waals surface area contributed by atoms with Gasteiger partial charge in [0.2, 0.25) is 0 Å². The highest BCUT2D eigenvalue weighted by molar-refractivity contribution is 7.47. The van der Waals surface area contributed by atoms with Crippen molar-refractivity contribution < 1.29 is 80.2 Å². The normalized spacial score (nSPS) is 15.2. The summed E-state index contributed by atoms with van der Waals surface area (Å²) in [6.07, 6.45) is 41.8. The van der Waals surface area contributed by atoms with Gasteiger partial charge in [-0.2, -0.15) is 0 Å². The van der Waals surface area contributed by atoms with Crippen LogP contribution in [0.4, 0.5) is 0 Å². The summed E-state index contributed by atoms with van der Waals surface area (Å²) in [7, 11) is -9.90. The smallest absolute Gasteiger partial charge is 0.462 e. The van der Waals surface area contributed by atoms with Gasteiger partial charge in [-0.25, -0.2) is 9.13 Å². The SMILES string of the molecule is CCC(C)CCCCCCCCCCCCCCCCC(=O)OC[C@H](COP(=O)(O)OC[C@@H](O)COP(=O)(O)OC[C@@H](COC(=O)CCCCCCCCC(C)CC)OC(=O)CCCCCCCCCCC(C)C)OC(=O)CCCCCCCCC(C)CC. The Hall–Kier alpha value is -1.94. The number of aliphatic hydroxyl groups is 1. The molecule has 0 aromatic heterocycles. The lowest BCUT2D eigenvalue weighted by Gasteiger charge is -2.21. The lowest BCUT2D eigenvalue weighted by atomic mass is 9.99. The molecule has 0 heterocycles. The van der Waals surface area contributed by atoms with Crippen molar-refractivity contribution in [2.75, 3.05) is 39.6 Å². The van der Waals surface area contributed by atoms with Crippen LogP contribution < -0.4 is 0 Å². The number of unbranched alkanes of at least 4 members (excludes halogenated alkanes) is 30. The topological polar surface area (TPSA) is 237 Å². The lowest BCUT2D eigenvalue weighted by molar-refractivity contribution is -0.161. The van der Waals surface area contributed by atoms with Gasteiger partial charge in [-0.15, -0.1) is 0 Å². The van der Waals surface area contributed by atoms with Crippen LogP contribution in [0.25, 0.3) is 0 Å². The zero-order valence-electron chi connectivity index (χ0n) is 58.1. The molecule has 0 saturated carbocycles. The van der Waals surface area contributed by atoms with Crippen molar-refractivity contribution in [3.05, 3.63) is 0 Å². The number of phosphoric ester groups is 2. The second-order valence-corrected chi connectivity index (χ2v) is 29.4. The maximum atomic E-state index is 13.0. The van der Waals surface area contributed by atoms with Crippen LogP contribution in [0.5, 0.6) is 0 Å². The number of aliphatic hydroxyl groups excluding tert-OH is 1. The first-order valence-corrected chi connectivity index (χ1v) is 39.3. The monoisotopic (exact) mass is 1310 g/mol. The van der Waals surface area contributed by atoms with Crippen molar-refractivity contribution in [2.24, 2.45) is 23.7 Å². The minimum absolute atomic E-state index is 0.103. The number of hydrogen-bond donors (Lipinski definition) is 3. The Kier molecular flexibility index (Phi) is 58.5. The molecule has 0 bridgehead atoms. The molecule has 0 amide bonds. The molecule has 528 valence electrons. The summed E-state index contributed by atoms with van der Waals surface area (Å²) < 4.78 is 68.2. The molecule has 0 aliphatic carbocycles. The average Bonchev–Trinajstić information content (AvgIpc) is 3.52. The van der Waals surface area contributed by atoms with Gasteiger partial charge < -0.3 is 33.8 Å². The van der Waals surface area contributed by atoms with E-state index >= 15 is 0 Å². The molecule has 0 spiro atoms.